The van der Waals surface area contributed by atoms with Crippen LogP contribution in [0.1, 0.15) is 19.8 Å². The van der Waals surface area contributed by atoms with Gasteiger partial charge in [-0.2, -0.15) is 11.8 Å². The van der Waals surface area contributed by atoms with Crippen molar-refractivity contribution in [1.29, 1.82) is 0 Å². The quantitative estimate of drug-likeness (QED) is 0.856. The molecule has 2 atom stereocenters. The molecule has 2 heterocycles. The predicted molar refractivity (Wildman–Crippen MR) is 70.2 cm³/mol. The largest absolute Gasteiger partial charge is 0.380 e. The maximum atomic E-state index is 11.3. The van der Waals surface area contributed by atoms with Gasteiger partial charge in [-0.05, 0) is 24.7 Å². The molecular formula is C12H18N2OS. The number of thioether (sulfide) groups is 1. The van der Waals surface area contributed by atoms with Crippen molar-refractivity contribution < 1.29 is 0 Å². The van der Waals surface area contributed by atoms with Gasteiger partial charge in [0, 0.05) is 30.6 Å². The van der Waals surface area contributed by atoms with Crippen LogP contribution in [0.25, 0.3) is 0 Å². The van der Waals surface area contributed by atoms with Crippen LogP contribution >= 0.6 is 11.8 Å². The van der Waals surface area contributed by atoms with Gasteiger partial charge in [-0.15, -0.1) is 0 Å². The minimum absolute atomic E-state index is 0.0385. The molecule has 1 saturated heterocycles. The molecule has 0 aromatic carbocycles. The van der Waals surface area contributed by atoms with Crippen molar-refractivity contribution >= 4 is 17.4 Å². The van der Waals surface area contributed by atoms with Crippen molar-refractivity contribution in [3.63, 3.8) is 0 Å². The lowest BCUT2D eigenvalue weighted by molar-refractivity contribution is 0.616. The maximum Gasteiger partial charge on any atom is 0.250 e. The summed E-state index contributed by atoms with van der Waals surface area (Å²) in [5.74, 6) is 1.27. The smallest absolute Gasteiger partial charge is 0.250 e. The minimum atomic E-state index is 0.0385. The Kier molecular flexibility index (Phi) is 3.59. The summed E-state index contributed by atoms with van der Waals surface area (Å²) in [6.07, 6.45) is 4.36. The second kappa shape index (κ2) is 4.95. The first-order valence-corrected chi connectivity index (χ1v) is 6.76. The highest BCUT2D eigenvalue weighted by Gasteiger charge is 2.21. The van der Waals surface area contributed by atoms with Crippen LogP contribution in [0.5, 0.6) is 0 Å². The van der Waals surface area contributed by atoms with Crippen molar-refractivity contribution in [2.75, 3.05) is 11.1 Å². The highest BCUT2D eigenvalue weighted by Crippen LogP contribution is 2.27. The highest BCUT2D eigenvalue weighted by molar-refractivity contribution is 8.00. The third-order valence-electron chi connectivity index (χ3n) is 3.04. The molecule has 1 aliphatic heterocycles. The van der Waals surface area contributed by atoms with Crippen LogP contribution in [-0.2, 0) is 7.05 Å². The summed E-state index contributed by atoms with van der Waals surface area (Å²) in [6.45, 7) is 2.27. The Morgan fingerprint density at radius 3 is 3.00 bits per heavy atom. The van der Waals surface area contributed by atoms with E-state index in [2.05, 4.69) is 12.2 Å². The summed E-state index contributed by atoms with van der Waals surface area (Å²) < 4.78 is 1.61. The lowest BCUT2D eigenvalue weighted by Crippen LogP contribution is -2.33. The summed E-state index contributed by atoms with van der Waals surface area (Å²) in [5.41, 5.74) is 1.08. The molecule has 88 valence electrons. The van der Waals surface area contributed by atoms with Crippen molar-refractivity contribution in [3.8, 4) is 0 Å². The number of aryl methyl sites for hydroxylation is 1. The van der Waals surface area contributed by atoms with E-state index < -0.39 is 0 Å². The molecule has 1 aromatic heterocycles. The summed E-state index contributed by atoms with van der Waals surface area (Å²) in [4.78, 5) is 11.3. The molecule has 0 aliphatic carbocycles. The first-order chi connectivity index (χ1) is 7.66. The van der Waals surface area contributed by atoms with Gasteiger partial charge < -0.3 is 9.88 Å². The zero-order valence-electron chi connectivity index (χ0n) is 9.77. The van der Waals surface area contributed by atoms with E-state index in [1.807, 2.05) is 24.0 Å². The van der Waals surface area contributed by atoms with E-state index in [4.69, 9.17) is 0 Å². The molecule has 1 N–H and O–H groups in total. The standard InChI is InChI=1S/C12H18N2OS/c1-9-11(4-3-7-16-9)13-10-5-6-12(15)14(2)8-10/h5-6,8-9,11,13H,3-4,7H2,1-2H3. The van der Waals surface area contributed by atoms with E-state index in [0.717, 1.165) is 5.69 Å². The maximum absolute atomic E-state index is 11.3. The van der Waals surface area contributed by atoms with Crippen molar-refractivity contribution in [2.24, 2.45) is 7.05 Å². The molecule has 0 bridgehead atoms. The van der Waals surface area contributed by atoms with Crippen molar-refractivity contribution in [3.05, 3.63) is 28.7 Å². The molecule has 1 fully saturated rings. The van der Waals surface area contributed by atoms with Crippen molar-refractivity contribution in [2.45, 2.75) is 31.1 Å². The van der Waals surface area contributed by atoms with Gasteiger partial charge in [-0.1, -0.05) is 6.92 Å². The normalized spacial score (nSPS) is 25.4. The van der Waals surface area contributed by atoms with Gasteiger partial charge in [0.1, 0.15) is 0 Å². The zero-order valence-corrected chi connectivity index (χ0v) is 10.6. The first-order valence-electron chi connectivity index (χ1n) is 5.71. The Labute approximate surface area is 100 Å². The van der Waals surface area contributed by atoms with E-state index in [1.54, 1.807) is 17.7 Å². The van der Waals surface area contributed by atoms with Crippen LogP contribution in [0, 0.1) is 0 Å². The fraction of sp³-hybridized carbons (Fsp3) is 0.583. The highest BCUT2D eigenvalue weighted by atomic mass is 32.2. The van der Waals surface area contributed by atoms with Crippen LogP contribution in [0.15, 0.2) is 23.1 Å². The molecule has 0 radical (unpaired) electrons. The van der Waals surface area contributed by atoms with Crippen molar-refractivity contribution in [1.82, 2.24) is 4.57 Å². The van der Waals surface area contributed by atoms with Crippen LogP contribution in [0.4, 0.5) is 5.69 Å². The number of pyridine rings is 1. The monoisotopic (exact) mass is 238 g/mol. The number of nitrogens with one attached hydrogen (secondary N) is 1. The van der Waals surface area contributed by atoms with E-state index in [-0.39, 0.29) is 5.56 Å². The summed E-state index contributed by atoms with van der Waals surface area (Å²) in [5, 5.41) is 4.16. The van der Waals surface area contributed by atoms with E-state index in [1.165, 1.54) is 18.6 Å². The summed E-state index contributed by atoms with van der Waals surface area (Å²) in [7, 11) is 1.78. The second-order valence-corrected chi connectivity index (χ2v) is 5.82. The van der Waals surface area contributed by atoms with Crippen LogP contribution in [0.2, 0.25) is 0 Å². The topological polar surface area (TPSA) is 34.0 Å². The lowest BCUT2D eigenvalue weighted by Gasteiger charge is -2.30. The van der Waals surface area contributed by atoms with Gasteiger partial charge in [0.25, 0.3) is 0 Å². The average molecular weight is 238 g/mol. The molecule has 1 aliphatic rings. The molecule has 3 nitrogen and oxygen atoms in total. The lowest BCUT2D eigenvalue weighted by atomic mass is 10.1. The fourth-order valence-electron chi connectivity index (χ4n) is 2.01. The predicted octanol–water partition coefficient (Wildman–Crippen LogP) is 2.08. The molecular weight excluding hydrogens is 220 g/mol. The van der Waals surface area contributed by atoms with Crippen LogP contribution in [-0.4, -0.2) is 21.6 Å². The SMILES string of the molecule is CC1SCCCC1Nc1ccc(=O)n(C)c1. The molecule has 0 amide bonds. The number of hydrogen-bond acceptors (Lipinski definition) is 3. The van der Waals surface area contributed by atoms with Gasteiger partial charge >= 0.3 is 0 Å². The van der Waals surface area contributed by atoms with Gasteiger partial charge in [0.15, 0.2) is 0 Å². The number of anilines is 1. The Balaban J connectivity index is 2.07. The fourth-order valence-corrected chi connectivity index (χ4v) is 3.15. The molecule has 4 heteroatoms. The molecule has 2 unspecified atom stereocenters. The molecule has 0 saturated carbocycles. The first kappa shape index (κ1) is 11.6. The third-order valence-corrected chi connectivity index (χ3v) is 4.42. The van der Waals surface area contributed by atoms with E-state index in [0.29, 0.717) is 11.3 Å². The average Bonchev–Trinajstić information content (AvgIpc) is 2.27. The molecule has 16 heavy (non-hydrogen) atoms. The minimum Gasteiger partial charge on any atom is -0.380 e. The Hall–Kier alpha value is -0.900. The number of nitrogens with zero attached hydrogens (tertiary/aromatic N) is 1. The third kappa shape index (κ3) is 2.61. The molecule has 2 rings (SSSR count). The Morgan fingerprint density at radius 2 is 2.31 bits per heavy atom. The Morgan fingerprint density at radius 1 is 1.50 bits per heavy atom. The van der Waals surface area contributed by atoms with Gasteiger partial charge in [-0.25, -0.2) is 0 Å². The number of rotatable bonds is 2. The van der Waals surface area contributed by atoms with E-state index in [9.17, 15) is 4.79 Å². The second-order valence-electron chi connectivity index (χ2n) is 4.34. The summed E-state index contributed by atoms with van der Waals surface area (Å²) >= 11 is 2.02. The van der Waals surface area contributed by atoms with Crippen LogP contribution in [0.3, 0.4) is 0 Å². The molecule has 0 spiro atoms. The summed E-state index contributed by atoms with van der Waals surface area (Å²) in [6, 6.07) is 4.01. The molecule has 1 aromatic rings. The number of aromatic nitrogens is 1. The van der Waals surface area contributed by atoms with E-state index >= 15 is 0 Å². The van der Waals surface area contributed by atoms with Gasteiger partial charge in [-0.3, -0.25) is 4.79 Å². The Bertz CT molecular complexity index is 416. The number of hydrogen-bond donors (Lipinski definition) is 1. The zero-order chi connectivity index (χ0) is 11.5. The van der Waals surface area contributed by atoms with Crippen LogP contribution < -0.4 is 10.9 Å². The van der Waals surface area contributed by atoms with Gasteiger partial charge in [0.2, 0.25) is 5.56 Å². The van der Waals surface area contributed by atoms with Gasteiger partial charge in [0.05, 0.1) is 5.69 Å².